The minimum absolute atomic E-state index is 0.395. The fraction of sp³-hybridized carbons (Fsp3) is 0.250. The summed E-state index contributed by atoms with van der Waals surface area (Å²) in [6.45, 7) is 3.96. The molecule has 1 aromatic carbocycles. The van der Waals surface area contributed by atoms with Crippen molar-refractivity contribution >= 4 is 28.5 Å². The summed E-state index contributed by atoms with van der Waals surface area (Å²) in [7, 11) is 0. The molecule has 126 valence electrons. The summed E-state index contributed by atoms with van der Waals surface area (Å²) in [5, 5.41) is 17.8. The van der Waals surface area contributed by atoms with Crippen LogP contribution in [0.2, 0.25) is 0 Å². The summed E-state index contributed by atoms with van der Waals surface area (Å²) in [6, 6.07) is 7.47. The normalized spacial score (nSPS) is 15.5. The number of aromatic amines is 1. The average molecular weight is 333 g/mol. The lowest BCUT2D eigenvalue weighted by Crippen LogP contribution is -2.13. The number of aromatic carboxylic acids is 1. The van der Waals surface area contributed by atoms with Crippen LogP contribution in [-0.4, -0.2) is 26.3 Å². The second-order valence-electron chi connectivity index (χ2n) is 6.51. The number of H-pyrrole nitrogens is 1. The highest BCUT2D eigenvalue weighted by Crippen LogP contribution is 2.36. The highest BCUT2D eigenvalue weighted by molar-refractivity contribution is 6.05. The van der Waals surface area contributed by atoms with Gasteiger partial charge >= 0.3 is 5.97 Å². The van der Waals surface area contributed by atoms with Crippen LogP contribution in [0.3, 0.4) is 0 Å². The standard InChI is InChI=1S/C20H19N3O2/c1-11-16(12(2)23-22-11)10-13-6-5-8-15-18(20(24)25)14-7-3-4-9-17(14)21-19(13)15/h3-4,7,9-10H,5-6,8H2,1-2H3,(H,22,23)(H,24,25)/b13-10+. The number of nitrogens with one attached hydrogen (secondary N) is 1. The van der Waals surface area contributed by atoms with Crippen molar-refractivity contribution in [1.82, 2.24) is 15.2 Å². The lowest BCUT2D eigenvalue weighted by Gasteiger charge is -2.21. The molecule has 25 heavy (non-hydrogen) atoms. The van der Waals surface area contributed by atoms with Crippen molar-refractivity contribution in [2.24, 2.45) is 0 Å². The van der Waals surface area contributed by atoms with Gasteiger partial charge in [-0.25, -0.2) is 9.78 Å². The molecule has 3 aromatic rings. The Morgan fingerprint density at radius 3 is 2.76 bits per heavy atom. The molecule has 0 spiro atoms. The van der Waals surface area contributed by atoms with Crippen molar-refractivity contribution < 1.29 is 9.90 Å². The third-order valence-corrected chi connectivity index (χ3v) is 4.89. The van der Waals surface area contributed by atoms with Gasteiger partial charge in [0.15, 0.2) is 0 Å². The van der Waals surface area contributed by atoms with E-state index in [1.54, 1.807) is 0 Å². The molecule has 1 aliphatic carbocycles. The van der Waals surface area contributed by atoms with Crippen molar-refractivity contribution in [3.8, 4) is 0 Å². The molecule has 4 rings (SSSR count). The van der Waals surface area contributed by atoms with E-state index in [1.165, 1.54) is 0 Å². The monoisotopic (exact) mass is 333 g/mol. The van der Waals surface area contributed by atoms with Gasteiger partial charge in [-0.15, -0.1) is 0 Å². The number of rotatable bonds is 2. The van der Waals surface area contributed by atoms with E-state index in [-0.39, 0.29) is 0 Å². The van der Waals surface area contributed by atoms with Crippen LogP contribution in [-0.2, 0) is 6.42 Å². The van der Waals surface area contributed by atoms with Gasteiger partial charge in [0.2, 0.25) is 0 Å². The van der Waals surface area contributed by atoms with Gasteiger partial charge in [-0.3, -0.25) is 5.10 Å². The van der Waals surface area contributed by atoms with E-state index in [2.05, 4.69) is 16.3 Å². The Morgan fingerprint density at radius 1 is 1.24 bits per heavy atom. The van der Waals surface area contributed by atoms with Gasteiger partial charge in [-0.1, -0.05) is 18.2 Å². The van der Waals surface area contributed by atoms with Crippen molar-refractivity contribution in [3.63, 3.8) is 0 Å². The highest BCUT2D eigenvalue weighted by Gasteiger charge is 2.25. The average Bonchev–Trinajstić information content (AvgIpc) is 2.91. The number of pyridine rings is 1. The van der Waals surface area contributed by atoms with Crippen molar-refractivity contribution in [1.29, 1.82) is 0 Å². The summed E-state index contributed by atoms with van der Waals surface area (Å²) in [6.07, 6.45) is 4.67. The molecular formula is C20H19N3O2. The number of carboxylic acid groups (broad SMARTS) is 1. The number of nitrogens with zero attached hydrogens (tertiary/aromatic N) is 2. The van der Waals surface area contributed by atoms with Crippen LogP contribution in [0.25, 0.3) is 22.6 Å². The topological polar surface area (TPSA) is 78.9 Å². The zero-order valence-corrected chi connectivity index (χ0v) is 14.3. The van der Waals surface area contributed by atoms with Crippen molar-refractivity contribution in [2.45, 2.75) is 33.1 Å². The van der Waals surface area contributed by atoms with E-state index < -0.39 is 5.97 Å². The number of carboxylic acids is 1. The number of fused-ring (bicyclic) bond motifs is 2. The molecule has 0 bridgehead atoms. The zero-order chi connectivity index (χ0) is 17.6. The van der Waals surface area contributed by atoms with E-state index in [1.807, 2.05) is 38.1 Å². The van der Waals surface area contributed by atoms with E-state index in [4.69, 9.17) is 4.98 Å². The number of aromatic nitrogens is 3. The van der Waals surface area contributed by atoms with Crippen LogP contribution in [0, 0.1) is 13.8 Å². The van der Waals surface area contributed by atoms with Gasteiger partial charge < -0.3 is 5.11 Å². The first-order valence-corrected chi connectivity index (χ1v) is 8.43. The van der Waals surface area contributed by atoms with E-state index in [0.29, 0.717) is 10.9 Å². The fourth-order valence-electron chi connectivity index (χ4n) is 3.67. The maximum Gasteiger partial charge on any atom is 0.336 e. The van der Waals surface area contributed by atoms with E-state index in [0.717, 1.165) is 58.6 Å². The zero-order valence-electron chi connectivity index (χ0n) is 14.3. The van der Waals surface area contributed by atoms with Gasteiger partial charge in [-0.05, 0) is 56.4 Å². The van der Waals surface area contributed by atoms with Gasteiger partial charge in [-0.2, -0.15) is 5.10 Å². The minimum atomic E-state index is -0.883. The molecule has 0 saturated heterocycles. The SMILES string of the molecule is Cc1n[nH]c(C)c1/C=C1\CCCc2c1nc1ccccc1c2C(=O)O. The van der Waals surface area contributed by atoms with E-state index in [9.17, 15) is 9.90 Å². The first-order valence-electron chi connectivity index (χ1n) is 8.43. The molecule has 0 atom stereocenters. The number of hydrogen-bond acceptors (Lipinski definition) is 3. The van der Waals surface area contributed by atoms with E-state index >= 15 is 0 Å². The molecule has 0 saturated carbocycles. The number of para-hydroxylation sites is 1. The van der Waals surface area contributed by atoms with Gasteiger partial charge in [0, 0.05) is 16.6 Å². The third-order valence-electron chi connectivity index (χ3n) is 4.89. The van der Waals surface area contributed by atoms with Crippen molar-refractivity contribution in [3.05, 3.63) is 58.0 Å². The van der Waals surface area contributed by atoms with Crippen LogP contribution >= 0.6 is 0 Å². The quantitative estimate of drug-likeness (QED) is 0.738. The molecule has 5 nitrogen and oxygen atoms in total. The number of aryl methyl sites for hydroxylation is 2. The molecule has 0 aliphatic heterocycles. The number of benzene rings is 1. The molecule has 0 fully saturated rings. The van der Waals surface area contributed by atoms with Crippen LogP contribution in [0.4, 0.5) is 0 Å². The molecule has 0 radical (unpaired) electrons. The van der Waals surface area contributed by atoms with Gasteiger partial charge in [0.05, 0.1) is 22.5 Å². The van der Waals surface area contributed by atoms with Crippen LogP contribution in [0.15, 0.2) is 24.3 Å². The Bertz CT molecular complexity index is 1010. The number of carbonyl (C=O) groups is 1. The Morgan fingerprint density at radius 2 is 2.04 bits per heavy atom. The Hall–Kier alpha value is -2.95. The van der Waals surface area contributed by atoms with Crippen LogP contribution < -0.4 is 0 Å². The van der Waals surface area contributed by atoms with Crippen LogP contribution in [0.1, 0.15) is 51.4 Å². The smallest absolute Gasteiger partial charge is 0.336 e. The summed E-state index contributed by atoms with van der Waals surface area (Å²) in [4.78, 5) is 16.8. The predicted octanol–water partition coefficient (Wildman–Crippen LogP) is 4.15. The maximum atomic E-state index is 12.0. The number of allylic oxidation sites excluding steroid dienone is 1. The summed E-state index contributed by atoms with van der Waals surface area (Å²) in [5.74, 6) is -0.883. The Labute approximate surface area is 145 Å². The molecule has 2 N–H and O–H groups in total. The van der Waals surface area contributed by atoms with Crippen LogP contribution in [0.5, 0.6) is 0 Å². The van der Waals surface area contributed by atoms with Gasteiger partial charge in [0.25, 0.3) is 0 Å². The molecule has 0 unspecified atom stereocenters. The predicted molar refractivity (Wildman–Crippen MR) is 97.6 cm³/mol. The second kappa shape index (κ2) is 5.84. The summed E-state index contributed by atoms with van der Waals surface area (Å²) >= 11 is 0. The second-order valence-corrected chi connectivity index (χ2v) is 6.51. The molecule has 2 aromatic heterocycles. The highest BCUT2D eigenvalue weighted by atomic mass is 16.4. The largest absolute Gasteiger partial charge is 0.478 e. The Balaban J connectivity index is 2.00. The summed E-state index contributed by atoms with van der Waals surface area (Å²) < 4.78 is 0. The molecular weight excluding hydrogens is 314 g/mol. The lowest BCUT2D eigenvalue weighted by molar-refractivity contribution is 0.0697. The summed E-state index contributed by atoms with van der Waals surface area (Å²) in [5.41, 5.74) is 6.90. The Kier molecular flexibility index (Phi) is 3.64. The molecule has 1 aliphatic rings. The third kappa shape index (κ3) is 2.52. The number of hydrogen-bond donors (Lipinski definition) is 2. The molecule has 0 amide bonds. The lowest BCUT2D eigenvalue weighted by atomic mass is 9.86. The van der Waals surface area contributed by atoms with Gasteiger partial charge in [0.1, 0.15) is 0 Å². The molecule has 5 heteroatoms. The molecule has 2 heterocycles. The van der Waals surface area contributed by atoms with Crippen molar-refractivity contribution in [2.75, 3.05) is 0 Å². The first kappa shape index (κ1) is 15.6. The maximum absolute atomic E-state index is 12.0. The minimum Gasteiger partial charge on any atom is -0.478 e. The first-order chi connectivity index (χ1) is 12.1. The fourth-order valence-corrected chi connectivity index (χ4v) is 3.67.